The fourth-order valence-electron chi connectivity index (χ4n) is 2.29. The fourth-order valence-corrected chi connectivity index (χ4v) is 2.29. The third-order valence-electron chi connectivity index (χ3n) is 3.56. The van der Waals surface area contributed by atoms with Crippen LogP contribution in [-0.2, 0) is 4.74 Å². The second-order valence-corrected chi connectivity index (χ2v) is 5.05. The molecule has 1 saturated heterocycles. The maximum Gasteiger partial charge on any atom is 0.193 e. The first kappa shape index (κ1) is 19.0. The van der Waals surface area contributed by atoms with E-state index in [9.17, 15) is 0 Å². The predicted octanol–water partition coefficient (Wildman–Crippen LogP) is 1.76. The van der Waals surface area contributed by atoms with Crippen LogP contribution in [0.1, 0.15) is 6.92 Å². The van der Waals surface area contributed by atoms with E-state index in [4.69, 9.17) is 15.2 Å². The fraction of sp³-hybridized carbons (Fsp3) is 0.533. The Hall–Kier alpha value is -1.06. The van der Waals surface area contributed by atoms with Crippen molar-refractivity contribution >= 4 is 35.6 Å². The first-order valence-corrected chi connectivity index (χ1v) is 7.22. The number of aliphatic imine (C=N–C) groups is 1. The van der Waals surface area contributed by atoms with Gasteiger partial charge in [-0.1, -0.05) is 12.1 Å². The van der Waals surface area contributed by atoms with Crippen LogP contribution in [0.5, 0.6) is 5.75 Å². The minimum Gasteiger partial charge on any atom is -0.495 e. The van der Waals surface area contributed by atoms with Gasteiger partial charge in [-0.15, -0.1) is 24.0 Å². The lowest BCUT2D eigenvalue weighted by atomic mass is 10.2. The molecule has 1 aromatic carbocycles. The average molecular weight is 420 g/mol. The molecule has 1 aliphatic rings. The zero-order chi connectivity index (χ0) is 15.1. The number of rotatable bonds is 5. The van der Waals surface area contributed by atoms with Crippen molar-refractivity contribution in [2.75, 3.05) is 45.3 Å². The van der Waals surface area contributed by atoms with E-state index in [-0.39, 0.29) is 24.0 Å². The maximum absolute atomic E-state index is 5.95. The number of nitrogens with one attached hydrogen (secondary N) is 1. The summed E-state index contributed by atoms with van der Waals surface area (Å²) in [7, 11) is 1.63. The van der Waals surface area contributed by atoms with E-state index in [1.165, 1.54) is 0 Å². The van der Waals surface area contributed by atoms with Gasteiger partial charge < -0.3 is 20.5 Å². The average Bonchev–Trinajstić information content (AvgIpc) is 2.54. The number of ether oxygens (including phenoxy) is 2. The van der Waals surface area contributed by atoms with Gasteiger partial charge in [0.1, 0.15) is 5.75 Å². The molecule has 1 fully saturated rings. The predicted molar refractivity (Wildman–Crippen MR) is 100 cm³/mol. The zero-order valence-electron chi connectivity index (χ0n) is 13.1. The summed E-state index contributed by atoms with van der Waals surface area (Å²) in [6.45, 7) is 6.32. The standard InChI is InChI=1S/C15H24N4O2.HI/c1-12(19-7-9-21-10-8-19)11-17-15(16)18-13-5-3-4-6-14(13)20-2;/h3-6,12H,7-11H2,1-2H3,(H3,16,17,18);1H. The molecule has 0 aliphatic carbocycles. The Kier molecular flexibility index (Phi) is 8.51. The van der Waals surface area contributed by atoms with Crippen molar-refractivity contribution in [3.8, 4) is 5.75 Å². The number of hydrogen-bond acceptors (Lipinski definition) is 4. The van der Waals surface area contributed by atoms with Gasteiger partial charge in [0.2, 0.25) is 0 Å². The highest BCUT2D eigenvalue weighted by atomic mass is 127. The number of morpholine rings is 1. The normalized spacial score (nSPS) is 17.5. The second kappa shape index (κ2) is 9.86. The van der Waals surface area contributed by atoms with Crippen LogP contribution in [0.25, 0.3) is 0 Å². The maximum atomic E-state index is 5.95. The van der Waals surface area contributed by atoms with Crippen molar-refractivity contribution in [2.45, 2.75) is 13.0 Å². The van der Waals surface area contributed by atoms with Crippen LogP contribution in [0, 0.1) is 0 Å². The molecule has 6 nitrogen and oxygen atoms in total. The lowest BCUT2D eigenvalue weighted by Crippen LogP contribution is -2.43. The minimum absolute atomic E-state index is 0. The van der Waals surface area contributed by atoms with Crippen molar-refractivity contribution in [2.24, 2.45) is 10.7 Å². The van der Waals surface area contributed by atoms with Crippen molar-refractivity contribution in [1.29, 1.82) is 0 Å². The topological polar surface area (TPSA) is 72.1 Å². The quantitative estimate of drug-likeness (QED) is 0.432. The number of anilines is 1. The number of nitrogens with two attached hydrogens (primary N) is 1. The SMILES string of the molecule is COc1ccccc1NC(N)=NCC(C)N1CCOCC1.I. The molecule has 1 heterocycles. The van der Waals surface area contributed by atoms with E-state index in [0.717, 1.165) is 37.7 Å². The van der Waals surface area contributed by atoms with Gasteiger partial charge in [0.15, 0.2) is 5.96 Å². The third kappa shape index (κ3) is 5.62. The Morgan fingerprint density at radius 3 is 2.77 bits per heavy atom. The number of methoxy groups -OCH3 is 1. The van der Waals surface area contributed by atoms with Gasteiger partial charge in [-0.25, -0.2) is 0 Å². The molecule has 1 aliphatic heterocycles. The van der Waals surface area contributed by atoms with E-state index in [2.05, 4.69) is 22.1 Å². The van der Waals surface area contributed by atoms with Crippen LogP contribution in [0.3, 0.4) is 0 Å². The molecule has 1 aromatic rings. The lowest BCUT2D eigenvalue weighted by Gasteiger charge is -2.31. The van der Waals surface area contributed by atoms with Crippen LogP contribution in [0.15, 0.2) is 29.3 Å². The number of para-hydroxylation sites is 2. The molecular weight excluding hydrogens is 395 g/mol. The van der Waals surface area contributed by atoms with Crippen molar-refractivity contribution < 1.29 is 9.47 Å². The summed E-state index contributed by atoms with van der Waals surface area (Å²) in [5, 5.41) is 3.08. The van der Waals surface area contributed by atoms with E-state index in [1.807, 2.05) is 24.3 Å². The van der Waals surface area contributed by atoms with Crippen LogP contribution in [0.2, 0.25) is 0 Å². The third-order valence-corrected chi connectivity index (χ3v) is 3.56. The summed E-state index contributed by atoms with van der Waals surface area (Å²) >= 11 is 0. The Bertz CT molecular complexity index is 478. The van der Waals surface area contributed by atoms with Gasteiger partial charge in [0, 0.05) is 19.1 Å². The van der Waals surface area contributed by atoms with Gasteiger partial charge >= 0.3 is 0 Å². The Labute approximate surface area is 149 Å². The van der Waals surface area contributed by atoms with Gasteiger partial charge in [-0.2, -0.15) is 0 Å². The van der Waals surface area contributed by atoms with Crippen LogP contribution in [-0.4, -0.2) is 56.9 Å². The molecule has 3 N–H and O–H groups in total. The molecule has 2 rings (SSSR count). The number of guanidine groups is 1. The molecular formula is C15H25IN4O2. The summed E-state index contributed by atoms with van der Waals surface area (Å²) in [6, 6.07) is 7.98. The molecule has 0 aromatic heterocycles. The first-order valence-electron chi connectivity index (χ1n) is 7.22. The molecule has 1 atom stereocenters. The number of halogens is 1. The number of nitrogens with zero attached hydrogens (tertiary/aromatic N) is 2. The second-order valence-electron chi connectivity index (χ2n) is 5.05. The molecule has 0 amide bonds. The molecule has 0 saturated carbocycles. The van der Waals surface area contributed by atoms with Crippen molar-refractivity contribution in [3.63, 3.8) is 0 Å². The Morgan fingerprint density at radius 1 is 1.41 bits per heavy atom. The van der Waals surface area contributed by atoms with E-state index in [0.29, 0.717) is 18.5 Å². The molecule has 124 valence electrons. The van der Waals surface area contributed by atoms with Gasteiger partial charge in [-0.3, -0.25) is 9.89 Å². The largest absolute Gasteiger partial charge is 0.495 e. The Balaban J connectivity index is 0.00000242. The number of hydrogen-bond donors (Lipinski definition) is 2. The van der Waals surface area contributed by atoms with Crippen molar-refractivity contribution in [3.05, 3.63) is 24.3 Å². The zero-order valence-corrected chi connectivity index (χ0v) is 15.4. The van der Waals surface area contributed by atoms with Crippen molar-refractivity contribution in [1.82, 2.24) is 4.90 Å². The smallest absolute Gasteiger partial charge is 0.193 e. The van der Waals surface area contributed by atoms with E-state index < -0.39 is 0 Å². The summed E-state index contributed by atoms with van der Waals surface area (Å²) in [5.74, 6) is 1.15. The van der Waals surface area contributed by atoms with E-state index in [1.54, 1.807) is 7.11 Å². The highest BCUT2D eigenvalue weighted by Crippen LogP contribution is 2.22. The minimum atomic E-state index is 0. The summed E-state index contributed by atoms with van der Waals surface area (Å²) in [6.07, 6.45) is 0. The van der Waals surface area contributed by atoms with Gasteiger partial charge in [0.05, 0.1) is 32.6 Å². The highest BCUT2D eigenvalue weighted by Gasteiger charge is 2.16. The number of benzene rings is 1. The molecule has 7 heteroatoms. The van der Waals surface area contributed by atoms with Gasteiger partial charge in [-0.05, 0) is 19.1 Å². The highest BCUT2D eigenvalue weighted by molar-refractivity contribution is 14.0. The first-order chi connectivity index (χ1) is 10.2. The molecule has 0 spiro atoms. The lowest BCUT2D eigenvalue weighted by molar-refractivity contribution is 0.0221. The molecule has 0 bridgehead atoms. The summed E-state index contributed by atoms with van der Waals surface area (Å²) in [4.78, 5) is 6.78. The van der Waals surface area contributed by atoms with Crippen LogP contribution >= 0.6 is 24.0 Å². The van der Waals surface area contributed by atoms with Crippen LogP contribution in [0.4, 0.5) is 5.69 Å². The monoisotopic (exact) mass is 420 g/mol. The summed E-state index contributed by atoms with van der Waals surface area (Å²) in [5.41, 5.74) is 6.77. The molecule has 0 radical (unpaired) electrons. The van der Waals surface area contributed by atoms with E-state index >= 15 is 0 Å². The van der Waals surface area contributed by atoms with Crippen LogP contribution < -0.4 is 15.8 Å². The summed E-state index contributed by atoms with van der Waals surface area (Å²) < 4.78 is 10.6. The molecule has 22 heavy (non-hydrogen) atoms. The molecule has 1 unspecified atom stereocenters. The van der Waals surface area contributed by atoms with Gasteiger partial charge in [0.25, 0.3) is 0 Å². The Morgan fingerprint density at radius 2 is 2.09 bits per heavy atom.